The van der Waals surface area contributed by atoms with Gasteiger partial charge in [0.1, 0.15) is 5.82 Å². The highest BCUT2D eigenvalue weighted by Gasteiger charge is 2.21. The molecular weight excluding hydrogens is 380 g/mol. The van der Waals surface area contributed by atoms with E-state index in [4.69, 9.17) is 4.74 Å². The maximum absolute atomic E-state index is 12.6. The van der Waals surface area contributed by atoms with Crippen molar-refractivity contribution >= 4 is 17.7 Å². The van der Waals surface area contributed by atoms with Gasteiger partial charge in [-0.3, -0.25) is 9.79 Å². The van der Waals surface area contributed by atoms with Gasteiger partial charge in [-0.05, 0) is 37.3 Å². The Balaban J connectivity index is 1.34. The average molecular weight is 417 g/mol. The summed E-state index contributed by atoms with van der Waals surface area (Å²) in [5, 5.41) is 3.34. The molecule has 0 unspecified atom stereocenters. The Kier molecular flexibility index (Phi) is 8.74. The van der Waals surface area contributed by atoms with Crippen LogP contribution in [0, 0.1) is 5.92 Å². The van der Waals surface area contributed by atoms with Crippen LogP contribution in [0.1, 0.15) is 25.7 Å². The molecule has 0 aromatic carbocycles. The molecule has 2 saturated heterocycles. The lowest BCUT2D eigenvalue weighted by Gasteiger charge is -2.35. The van der Waals surface area contributed by atoms with Crippen LogP contribution in [0.25, 0.3) is 0 Å². The molecule has 0 atom stereocenters. The van der Waals surface area contributed by atoms with Crippen molar-refractivity contribution in [3.63, 3.8) is 0 Å². The van der Waals surface area contributed by atoms with Gasteiger partial charge < -0.3 is 24.8 Å². The molecule has 2 fully saturated rings. The van der Waals surface area contributed by atoms with Crippen molar-refractivity contribution in [1.82, 2.24) is 20.1 Å². The molecule has 0 saturated carbocycles. The van der Waals surface area contributed by atoms with Crippen LogP contribution in [0.2, 0.25) is 0 Å². The highest BCUT2D eigenvalue weighted by Crippen LogP contribution is 2.18. The Hall–Kier alpha value is -2.35. The molecule has 2 aliphatic rings. The van der Waals surface area contributed by atoms with Crippen molar-refractivity contribution in [2.75, 3.05) is 71.5 Å². The lowest BCUT2D eigenvalue weighted by molar-refractivity contribution is -0.131. The standard InChI is InChI=1S/C22H36N6O2/c1-23-22(26(2)12-7-19-8-17-30-18-9-19)25-11-6-21(29)28-15-13-27(14-16-28)20-5-3-4-10-24-20/h3-5,10,19H,6-9,11-18H2,1-2H3,(H,23,25). The summed E-state index contributed by atoms with van der Waals surface area (Å²) in [7, 11) is 3.86. The summed E-state index contributed by atoms with van der Waals surface area (Å²) in [5.74, 6) is 2.78. The summed E-state index contributed by atoms with van der Waals surface area (Å²) >= 11 is 0. The van der Waals surface area contributed by atoms with E-state index in [0.717, 1.165) is 82.9 Å². The Morgan fingerprint density at radius 2 is 2.03 bits per heavy atom. The molecule has 166 valence electrons. The minimum atomic E-state index is 0.198. The first-order valence-electron chi connectivity index (χ1n) is 11.1. The number of aromatic nitrogens is 1. The second-order valence-electron chi connectivity index (χ2n) is 8.05. The zero-order chi connectivity index (χ0) is 21.2. The fourth-order valence-electron chi connectivity index (χ4n) is 4.07. The van der Waals surface area contributed by atoms with E-state index in [1.807, 2.05) is 29.3 Å². The van der Waals surface area contributed by atoms with Gasteiger partial charge in [-0.1, -0.05) is 6.07 Å². The number of carbonyl (C=O) groups is 1. The lowest BCUT2D eigenvalue weighted by Crippen LogP contribution is -2.49. The monoisotopic (exact) mass is 416 g/mol. The molecule has 30 heavy (non-hydrogen) atoms. The zero-order valence-electron chi connectivity index (χ0n) is 18.4. The van der Waals surface area contributed by atoms with Crippen LogP contribution in [-0.2, 0) is 9.53 Å². The van der Waals surface area contributed by atoms with Crippen LogP contribution in [0.4, 0.5) is 5.82 Å². The van der Waals surface area contributed by atoms with Gasteiger partial charge in [-0.25, -0.2) is 4.98 Å². The number of nitrogens with zero attached hydrogens (tertiary/aromatic N) is 5. The normalized spacial score (nSPS) is 18.4. The average Bonchev–Trinajstić information content (AvgIpc) is 2.81. The first-order valence-corrected chi connectivity index (χ1v) is 11.1. The second-order valence-corrected chi connectivity index (χ2v) is 8.05. The van der Waals surface area contributed by atoms with E-state index in [1.54, 1.807) is 7.05 Å². The number of nitrogens with one attached hydrogen (secondary N) is 1. The number of anilines is 1. The first-order chi connectivity index (χ1) is 14.7. The van der Waals surface area contributed by atoms with Crippen molar-refractivity contribution < 1.29 is 9.53 Å². The van der Waals surface area contributed by atoms with E-state index in [0.29, 0.717) is 13.0 Å². The third-order valence-corrected chi connectivity index (χ3v) is 6.01. The number of piperazine rings is 1. The molecule has 8 heteroatoms. The fourth-order valence-corrected chi connectivity index (χ4v) is 4.07. The minimum Gasteiger partial charge on any atom is -0.381 e. The number of pyridine rings is 1. The molecule has 0 radical (unpaired) electrons. The van der Waals surface area contributed by atoms with Crippen molar-refractivity contribution in [2.45, 2.75) is 25.7 Å². The summed E-state index contributed by atoms with van der Waals surface area (Å²) in [5.41, 5.74) is 0. The van der Waals surface area contributed by atoms with E-state index < -0.39 is 0 Å². The number of hydrogen-bond acceptors (Lipinski definition) is 5. The Bertz CT molecular complexity index is 669. The van der Waals surface area contributed by atoms with Gasteiger partial charge in [0.05, 0.1) is 0 Å². The van der Waals surface area contributed by atoms with E-state index in [9.17, 15) is 4.79 Å². The maximum atomic E-state index is 12.6. The number of aliphatic imine (C=N–C) groups is 1. The molecule has 8 nitrogen and oxygen atoms in total. The maximum Gasteiger partial charge on any atom is 0.224 e. The van der Waals surface area contributed by atoms with E-state index in [2.05, 4.69) is 32.1 Å². The Morgan fingerprint density at radius 3 is 2.70 bits per heavy atom. The summed E-state index contributed by atoms with van der Waals surface area (Å²) < 4.78 is 5.44. The third kappa shape index (κ3) is 6.58. The molecule has 1 aromatic rings. The lowest BCUT2D eigenvalue weighted by atomic mass is 9.96. The van der Waals surface area contributed by atoms with Crippen LogP contribution < -0.4 is 10.2 Å². The van der Waals surface area contributed by atoms with E-state index >= 15 is 0 Å². The number of amides is 1. The molecule has 1 aromatic heterocycles. The Morgan fingerprint density at radius 1 is 1.27 bits per heavy atom. The van der Waals surface area contributed by atoms with Gasteiger partial charge >= 0.3 is 0 Å². The number of guanidine groups is 1. The number of carbonyl (C=O) groups excluding carboxylic acids is 1. The van der Waals surface area contributed by atoms with Gasteiger partial charge in [0.25, 0.3) is 0 Å². The predicted octanol–water partition coefficient (Wildman–Crippen LogP) is 1.44. The highest BCUT2D eigenvalue weighted by molar-refractivity contribution is 5.81. The third-order valence-electron chi connectivity index (χ3n) is 6.01. The van der Waals surface area contributed by atoms with Gasteiger partial charge in [0.2, 0.25) is 5.91 Å². The van der Waals surface area contributed by atoms with Gasteiger partial charge in [-0.2, -0.15) is 0 Å². The van der Waals surface area contributed by atoms with Crippen LogP contribution in [-0.4, -0.2) is 93.2 Å². The molecule has 1 N–H and O–H groups in total. The van der Waals surface area contributed by atoms with Gasteiger partial charge in [-0.15, -0.1) is 0 Å². The molecule has 0 bridgehead atoms. The summed E-state index contributed by atoms with van der Waals surface area (Å²) in [6.07, 6.45) is 5.76. The van der Waals surface area contributed by atoms with E-state index in [1.165, 1.54) is 0 Å². The van der Waals surface area contributed by atoms with Crippen LogP contribution >= 0.6 is 0 Å². The van der Waals surface area contributed by atoms with Gasteiger partial charge in [0, 0.05) is 79.2 Å². The molecule has 3 rings (SSSR count). The summed E-state index contributed by atoms with van der Waals surface area (Å²) in [6, 6.07) is 5.94. The number of hydrogen-bond donors (Lipinski definition) is 1. The summed E-state index contributed by atoms with van der Waals surface area (Å²) in [4.78, 5) is 27.7. The second kappa shape index (κ2) is 11.7. The van der Waals surface area contributed by atoms with Crippen LogP contribution in [0.5, 0.6) is 0 Å². The molecule has 0 aliphatic carbocycles. The van der Waals surface area contributed by atoms with Crippen molar-refractivity contribution in [2.24, 2.45) is 10.9 Å². The van der Waals surface area contributed by atoms with Crippen LogP contribution in [0.3, 0.4) is 0 Å². The molecule has 1 amide bonds. The van der Waals surface area contributed by atoms with Gasteiger partial charge in [0.15, 0.2) is 5.96 Å². The van der Waals surface area contributed by atoms with Crippen molar-refractivity contribution in [1.29, 1.82) is 0 Å². The fraction of sp³-hybridized carbons (Fsp3) is 0.682. The first kappa shape index (κ1) is 22.3. The number of rotatable bonds is 7. The molecular formula is C22H36N6O2. The molecule has 3 heterocycles. The van der Waals surface area contributed by atoms with Crippen LogP contribution in [0.15, 0.2) is 29.4 Å². The zero-order valence-corrected chi connectivity index (χ0v) is 18.4. The summed E-state index contributed by atoms with van der Waals surface area (Å²) in [6.45, 7) is 6.49. The topological polar surface area (TPSA) is 73.3 Å². The van der Waals surface area contributed by atoms with E-state index in [-0.39, 0.29) is 5.91 Å². The van der Waals surface area contributed by atoms with Crippen molar-refractivity contribution in [3.8, 4) is 0 Å². The SMILES string of the molecule is CN=C(NCCC(=O)N1CCN(c2ccccn2)CC1)N(C)CCC1CCOCC1. The predicted molar refractivity (Wildman–Crippen MR) is 120 cm³/mol. The largest absolute Gasteiger partial charge is 0.381 e. The highest BCUT2D eigenvalue weighted by atomic mass is 16.5. The van der Waals surface area contributed by atoms with Crippen molar-refractivity contribution in [3.05, 3.63) is 24.4 Å². The molecule has 2 aliphatic heterocycles. The molecule has 0 spiro atoms. The quantitative estimate of drug-likeness (QED) is 0.536. The number of ether oxygens (including phenoxy) is 1. The minimum absolute atomic E-state index is 0.198. The smallest absolute Gasteiger partial charge is 0.224 e. The Labute approximate surface area is 180 Å².